The quantitative estimate of drug-likeness (QED) is 0.577. The topological polar surface area (TPSA) is 105 Å². The van der Waals surface area contributed by atoms with Gasteiger partial charge in [0.25, 0.3) is 0 Å². The fourth-order valence-corrected chi connectivity index (χ4v) is 4.40. The van der Waals surface area contributed by atoms with Crippen LogP contribution in [0.2, 0.25) is 0 Å². The van der Waals surface area contributed by atoms with Gasteiger partial charge in [-0.15, -0.1) is 0 Å². The van der Waals surface area contributed by atoms with E-state index in [4.69, 9.17) is 4.74 Å². The number of methoxy groups -OCH3 is 1. The highest BCUT2D eigenvalue weighted by molar-refractivity contribution is 7.89. The van der Waals surface area contributed by atoms with Gasteiger partial charge in [0.1, 0.15) is 0 Å². The molecule has 166 valence electrons. The molecule has 3 rings (SSSR count). The lowest BCUT2D eigenvalue weighted by Crippen LogP contribution is -2.28. The molecule has 2 amide bonds. The number of hydrogen-bond donors (Lipinski definition) is 2. The highest BCUT2D eigenvalue weighted by Crippen LogP contribution is 2.26. The van der Waals surface area contributed by atoms with Crippen LogP contribution in [0.1, 0.15) is 18.4 Å². The molecule has 2 aromatic carbocycles. The van der Waals surface area contributed by atoms with Crippen LogP contribution in [0.5, 0.6) is 0 Å². The van der Waals surface area contributed by atoms with Crippen LogP contribution >= 0.6 is 0 Å². The van der Waals surface area contributed by atoms with Crippen molar-refractivity contribution in [2.75, 3.05) is 37.0 Å². The zero-order valence-electron chi connectivity index (χ0n) is 17.6. The van der Waals surface area contributed by atoms with Crippen molar-refractivity contribution in [3.8, 4) is 0 Å². The fourth-order valence-electron chi connectivity index (χ4n) is 3.33. The molecular weight excluding hydrogens is 418 g/mol. The molecule has 1 heterocycles. The second kappa shape index (κ2) is 10.0. The number of anilines is 2. The molecule has 1 atom stereocenters. The molecule has 8 nitrogen and oxygen atoms in total. The second-order valence-corrected chi connectivity index (χ2v) is 9.27. The van der Waals surface area contributed by atoms with Crippen molar-refractivity contribution in [3.05, 3.63) is 54.1 Å². The molecular formula is C22H27N3O5S. The van der Waals surface area contributed by atoms with Gasteiger partial charge in [0, 0.05) is 44.6 Å². The third-order valence-corrected chi connectivity index (χ3v) is 6.57. The zero-order valence-corrected chi connectivity index (χ0v) is 18.4. The Balaban J connectivity index is 1.58. The van der Waals surface area contributed by atoms with Crippen molar-refractivity contribution < 1.29 is 22.7 Å². The highest BCUT2D eigenvalue weighted by Gasteiger charge is 2.35. The smallest absolute Gasteiger partial charge is 0.240 e. The standard InChI is InChI=1S/C22H27N3O5S/c1-16-4-8-19(9-5-16)25-15-17(14-21(25)26)22(27)24-18-6-10-20(11-7-18)31(28,29)23-12-3-13-30-2/h4-11,17,23H,3,12-15H2,1-2H3,(H,24,27)/t17-/m0/s1. The summed E-state index contributed by atoms with van der Waals surface area (Å²) in [7, 11) is -2.06. The van der Waals surface area contributed by atoms with Gasteiger partial charge in [-0.3, -0.25) is 9.59 Å². The predicted molar refractivity (Wildman–Crippen MR) is 118 cm³/mol. The lowest BCUT2D eigenvalue weighted by atomic mass is 10.1. The van der Waals surface area contributed by atoms with Crippen LogP contribution in [0.25, 0.3) is 0 Å². The average molecular weight is 446 g/mol. The Hall–Kier alpha value is -2.75. The number of nitrogens with zero attached hydrogens (tertiary/aromatic N) is 1. The van der Waals surface area contributed by atoms with E-state index >= 15 is 0 Å². The van der Waals surface area contributed by atoms with E-state index in [2.05, 4.69) is 10.0 Å². The first-order chi connectivity index (χ1) is 14.8. The molecule has 2 aromatic rings. The van der Waals surface area contributed by atoms with E-state index in [0.29, 0.717) is 25.3 Å². The summed E-state index contributed by atoms with van der Waals surface area (Å²) in [4.78, 5) is 26.8. The molecule has 0 spiro atoms. The van der Waals surface area contributed by atoms with E-state index in [1.165, 1.54) is 24.3 Å². The van der Waals surface area contributed by atoms with Crippen LogP contribution in [0.3, 0.4) is 0 Å². The van der Waals surface area contributed by atoms with Gasteiger partial charge in [0.2, 0.25) is 21.8 Å². The zero-order chi connectivity index (χ0) is 22.4. The first kappa shape index (κ1) is 22.9. The Morgan fingerprint density at radius 3 is 2.45 bits per heavy atom. The van der Waals surface area contributed by atoms with Crippen molar-refractivity contribution in [2.24, 2.45) is 5.92 Å². The maximum absolute atomic E-state index is 12.6. The van der Waals surface area contributed by atoms with E-state index in [9.17, 15) is 18.0 Å². The summed E-state index contributed by atoms with van der Waals surface area (Å²) in [6, 6.07) is 13.5. The monoisotopic (exact) mass is 445 g/mol. The van der Waals surface area contributed by atoms with E-state index < -0.39 is 15.9 Å². The molecule has 31 heavy (non-hydrogen) atoms. The molecule has 0 bridgehead atoms. The largest absolute Gasteiger partial charge is 0.385 e. The molecule has 0 aromatic heterocycles. The molecule has 0 radical (unpaired) electrons. The lowest BCUT2D eigenvalue weighted by Gasteiger charge is -2.17. The molecule has 2 N–H and O–H groups in total. The number of nitrogens with one attached hydrogen (secondary N) is 2. The Bertz CT molecular complexity index is 1020. The number of ether oxygens (including phenoxy) is 1. The number of benzene rings is 2. The summed E-state index contributed by atoms with van der Waals surface area (Å²) in [5.74, 6) is -0.832. The number of carbonyl (C=O) groups excluding carboxylic acids is 2. The van der Waals surface area contributed by atoms with Crippen molar-refractivity contribution in [2.45, 2.75) is 24.7 Å². The molecule has 0 unspecified atom stereocenters. The average Bonchev–Trinajstić information content (AvgIpc) is 3.14. The molecule has 0 aliphatic carbocycles. The van der Waals surface area contributed by atoms with Crippen LogP contribution in [-0.4, -0.2) is 47.0 Å². The normalized spacial score (nSPS) is 16.5. The number of aryl methyl sites for hydroxylation is 1. The lowest BCUT2D eigenvalue weighted by molar-refractivity contribution is -0.122. The molecule has 1 fully saturated rings. The third kappa shape index (κ3) is 5.90. The predicted octanol–water partition coefficient (Wildman–Crippen LogP) is 2.30. The molecule has 1 aliphatic rings. The van der Waals surface area contributed by atoms with Crippen molar-refractivity contribution in [1.29, 1.82) is 0 Å². The summed E-state index contributed by atoms with van der Waals surface area (Å²) in [6.45, 7) is 3.03. The minimum Gasteiger partial charge on any atom is -0.385 e. The molecule has 1 saturated heterocycles. The maximum atomic E-state index is 12.6. The van der Waals surface area contributed by atoms with Gasteiger partial charge >= 0.3 is 0 Å². The van der Waals surface area contributed by atoms with Gasteiger partial charge in [0.15, 0.2) is 0 Å². The van der Waals surface area contributed by atoms with Gasteiger partial charge in [-0.25, -0.2) is 13.1 Å². The maximum Gasteiger partial charge on any atom is 0.240 e. The van der Waals surface area contributed by atoms with E-state index in [-0.39, 0.29) is 29.7 Å². The Morgan fingerprint density at radius 1 is 1.13 bits per heavy atom. The van der Waals surface area contributed by atoms with E-state index in [0.717, 1.165) is 11.3 Å². The van der Waals surface area contributed by atoms with Gasteiger partial charge < -0.3 is 15.0 Å². The number of carbonyl (C=O) groups is 2. The minimum absolute atomic E-state index is 0.0926. The summed E-state index contributed by atoms with van der Waals surface area (Å²) >= 11 is 0. The van der Waals surface area contributed by atoms with Crippen molar-refractivity contribution in [1.82, 2.24) is 4.72 Å². The molecule has 1 aliphatic heterocycles. The van der Waals surface area contributed by atoms with Crippen LogP contribution in [0.4, 0.5) is 11.4 Å². The Kier molecular flexibility index (Phi) is 7.42. The molecule has 0 saturated carbocycles. The summed E-state index contributed by atoms with van der Waals surface area (Å²) in [6.07, 6.45) is 0.709. The van der Waals surface area contributed by atoms with Gasteiger partial charge in [0.05, 0.1) is 10.8 Å². The Labute approximate surface area is 182 Å². The van der Waals surface area contributed by atoms with Crippen LogP contribution in [0, 0.1) is 12.8 Å². The van der Waals surface area contributed by atoms with Crippen molar-refractivity contribution >= 4 is 33.2 Å². The summed E-state index contributed by atoms with van der Waals surface area (Å²) < 4.78 is 32.0. The third-order valence-electron chi connectivity index (χ3n) is 5.09. The SMILES string of the molecule is COCCCNS(=O)(=O)c1ccc(NC(=O)[C@H]2CC(=O)N(c3ccc(C)cc3)C2)cc1. The van der Waals surface area contributed by atoms with E-state index in [1.54, 1.807) is 12.0 Å². The fraction of sp³-hybridized carbons (Fsp3) is 0.364. The summed E-state index contributed by atoms with van der Waals surface area (Å²) in [5, 5.41) is 2.77. The van der Waals surface area contributed by atoms with Crippen LogP contribution in [0.15, 0.2) is 53.4 Å². The van der Waals surface area contributed by atoms with Gasteiger partial charge in [-0.1, -0.05) is 17.7 Å². The number of amides is 2. The second-order valence-electron chi connectivity index (χ2n) is 7.50. The molecule has 9 heteroatoms. The Morgan fingerprint density at radius 2 is 1.81 bits per heavy atom. The number of sulfonamides is 1. The van der Waals surface area contributed by atoms with Crippen molar-refractivity contribution in [3.63, 3.8) is 0 Å². The highest BCUT2D eigenvalue weighted by atomic mass is 32.2. The van der Waals surface area contributed by atoms with Gasteiger partial charge in [-0.05, 0) is 49.7 Å². The summed E-state index contributed by atoms with van der Waals surface area (Å²) in [5.41, 5.74) is 2.35. The first-order valence-corrected chi connectivity index (χ1v) is 11.5. The van der Waals surface area contributed by atoms with E-state index in [1.807, 2.05) is 31.2 Å². The number of rotatable bonds is 9. The van der Waals surface area contributed by atoms with Gasteiger partial charge in [-0.2, -0.15) is 0 Å². The minimum atomic E-state index is -3.62. The first-order valence-electron chi connectivity index (χ1n) is 10.1. The van der Waals surface area contributed by atoms with Crippen LogP contribution in [-0.2, 0) is 24.3 Å². The number of hydrogen-bond acceptors (Lipinski definition) is 5. The van der Waals surface area contributed by atoms with Crippen LogP contribution < -0.4 is 14.9 Å².